The number of benzene rings is 2. The molecule has 5 rings (SSSR count). The summed E-state index contributed by atoms with van der Waals surface area (Å²) in [6, 6.07) is 14.6. The Hall–Kier alpha value is -3.19. The van der Waals surface area contributed by atoms with Crippen molar-refractivity contribution < 1.29 is 4.74 Å². The summed E-state index contributed by atoms with van der Waals surface area (Å²) in [4.78, 5) is 12.0. The van der Waals surface area contributed by atoms with E-state index in [0.29, 0.717) is 5.95 Å². The zero-order chi connectivity index (χ0) is 19.8. The second-order valence-electron chi connectivity index (χ2n) is 7.35. The molecule has 2 aromatic heterocycles. The maximum Gasteiger partial charge on any atom is 0.226 e. The van der Waals surface area contributed by atoms with Gasteiger partial charge in [0.1, 0.15) is 11.3 Å². The van der Waals surface area contributed by atoms with E-state index in [1.165, 1.54) is 11.1 Å². The zero-order valence-corrected chi connectivity index (χ0v) is 16.7. The molecule has 3 heterocycles. The number of fused-ring (bicyclic) bond motifs is 4. The molecule has 0 saturated heterocycles. The number of aromatic nitrogens is 4. The van der Waals surface area contributed by atoms with E-state index in [1.807, 2.05) is 25.2 Å². The quantitative estimate of drug-likeness (QED) is 0.580. The van der Waals surface area contributed by atoms with Crippen LogP contribution in [0.5, 0.6) is 5.75 Å². The lowest BCUT2D eigenvalue weighted by atomic mass is 10.0. The van der Waals surface area contributed by atoms with Crippen LogP contribution in [0.25, 0.3) is 16.6 Å². The van der Waals surface area contributed by atoms with Crippen molar-refractivity contribution in [3.8, 4) is 5.75 Å². The van der Waals surface area contributed by atoms with Crippen LogP contribution in [0, 0.1) is 0 Å². The predicted octanol–water partition coefficient (Wildman–Crippen LogP) is 2.93. The van der Waals surface area contributed by atoms with Gasteiger partial charge in [-0.2, -0.15) is 4.52 Å². The molecule has 0 atom stereocenters. The van der Waals surface area contributed by atoms with Gasteiger partial charge >= 0.3 is 0 Å². The minimum absolute atomic E-state index is 0.652. The third kappa shape index (κ3) is 3.17. The molecule has 0 radical (unpaired) electrons. The Labute approximate surface area is 169 Å². The maximum absolute atomic E-state index is 5.49. The van der Waals surface area contributed by atoms with E-state index in [1.54, 1.807) is 11.6 Å². The van der Waals surface area contributed by atoms with Crippen molar-refractivity contribution in [2.75, 3.05) is 32.6 Å². The lowest BCUT2D eigenvalue weighted by Gasteiger charge is -2.17. The van der Waals surface area contributed by atoms with Gasteiger partial charge in [-0.3, -0.25) is 4.90 Å². The molecule has 2 aromatic carbocycles. The molecule has 0 fully saturated rings. The maximum atomic E-state index is 5.49. The molecule has 7 nitrogen and oxygen atoms in total. The molecule has 1 aliphatic heterocycles. The molecule has 148 valence electrons. The van der Waals surface area contributed by atoms with Crippen molar-refractivity contribution in [2.45, 2.75) is 19.4 Å². The number of methoxy groups -OCH3 is 1. The van der Waals surface area contributed by atoms with Crippen molar-refractivity contribution in [3.05, 3.63) is 59.4 Å². The number of ether oxygens (including phenoxy) is 1. The Balaban J connectivity index is 1.49. The molecule has 0 spiro atoms. The standard InChI is InChI=1S/C22H24N6O/c1-23-22-25-20-17(8-5-9-18(20)29-2)21-24-19(26-28(21)22)14-27-12-10-15-6-3-4-7-16(15)11-13-27/h3-9H,10-14H2,1-2H3,(H,23,25). The molecule has 4 aromatic rings. The minimum Gasteiger partial charge on any atom is -0.494 e. The van der Waals surface area contributed by atoms with Gasteiger partial charge in [0.2, 0.25) is 5.95 Å². The fraction of sp³-hybridized carbons (Fsp3) is 0.318. The molecular weight excluding hydrogens is 364 g/mol. The Morgan fingerprint density at radius 2 is 1.76 bits per heavy atom. The molecule has 0 unspecified atom stereocenters. The highest BCUT2D eigenvalue weighted by atomic mass is 16.5. The van der Waals surface area contributed by atoms with Crippen molar-refractivity contribution >= 4 is 22.5 Å². The van der Waals surface area contributed by atoms with Gasteiger partial charge in [0.15, 0.2) is 11.5 Å². The first-order valence-electron chi connectivity index (χ1n) is 9.96. The van der Waals surface area contributed by atoms with Crippen LogP contribution >= 0.6 is 0 Å². The summed E-state index contributed by atoms with van der Waals surface area (Å²) in [5.74, 6) is 2.19. The van der Waals surface area contributed by atoms with Gasteiger partial charge in [0.25, 0.3) is 0 Å². The van der Waals surface area contributed by atoms with Crippen LogP contribution in [0.4, 0.5) is 5.95 Å². The summed E-state index contributed by atoms with van der Waals surface area (Å²) in [6.07, 6.45) is 2.12. The lowest BCUT2D eigenvalue weighted by molar-refractivity contribution is 0.272. The molecule has 7 heteroatoms. The Bertz CT molecular complexity index is 1160. The fourth-order valence-electron chi connectivity index (χ4n) is 4.11. The van der Waals surface area contributed by atoms with Gasteiger partial charge in [-0.05, 0) is 36.1 Å². The second kappa shape index (κ2) is 7.33. The first-order chi connectivity index (χ1) is 14.3. The monoisotopic (exact) mass is 388 g/mol. The summed E-state index contributed by atoms with van der Waals surface area (Å²) in [5, 5.41) is 8.83. The molecule has 1 N–H and O–H groups in total. The highest BCUT2D eigenvalue weighted by Crippen LogP contribution is 2.28. The van der Waals surface area contributed by atoms with Crippen LogP contribution in [0.2, 0.25) is 0 Å². The van der Waals surface area contributed by atoms with Gasteiger partial charge in [-0.1, -0.05) is 30.3 Å². The highest BCUT2D eigenvalue weighted by molar-refractivity contribution is 5.95. The summed E-state index contributed by atoms with van der Waals surface area (Å²) >= 11 is 0. The molecule has 0 aliphatic carbocycles. The molecule has 29 heavy (non-hydrogen) atoms. The number of anilines is 1. The largest absolute Gasteiger partial charge is 0.494 e. The summed E-state index contributed by atoms with van der Waals surface area (Å²) < 4.78 is 7.29. The molecule has 0 saturated carbocycles. The summed E-state index contributed by atoms with van der Waals surface area (Å²) in [7, 11) is 3.50. The van der Waals surface area contributed by atoms with E-state index in [0.717, 1.165) is 60.6 Å². The van der Waals surface area contributed by atoms with Crippen molar-refractivity contribution in [1.82, 2.24) is 24.5 Å². The smallest absolute Gasteiger partial charge is 0.226 e. The third-order valence-electron chi connectivity index (χ3n) is 5.63. The average Bonchev–Trinajstić information content (AvgIpc) is 3.08. The van der Waals surface area contributed by atoms with Crippen molar-refractivity contribution in [2.24, 2.45) is 0 Å². The highest BCUT2D eigenvalue weighted by Gasteiger charge is 2.18. The molecule has 0 bridgehead atoms. The van der Waals surface area contributed by atoms with Gasteiger partial charge < -0.3 is 10.1 Å². The van der Waals surface area contributed by atoms with E-state index in [2.05, 4.69) is 34.5 Å². The molecule has 0 amide bonds. The predicted molar refractivity (Wildman–Crippen MR) is 114 cm³/mol. The lowest BCUT2D eigenvalue weighted by Crippen LogP contribution is -2.26. The Morgan fingerprint density at radius 3 is 2.45 bits per heavy atom. The van der Waals surface area contributed by atoms with Crippen LogP contribution in [0.3, 0.4) is 0 Å². The van der Waals surface area contributed by atoms with E-state index in [9.17, 15) is 0 Å². The number of hydrogen-bond donors (Lipinski definition) is 1. The second-order valence-corrected chi connectivity index (χ2v) is 7.35. The molecule has 1 aliphatic rings. The van der Waals surface area contributed by atoms with Crippen LogP contribution in [-0.4, -0.2) is 51.7 Å². The zero-order valence-electron chi connectivity index (χ0n) is 16.7. The number of rotatable bonds is 4. The van der Waals surface area contributed by atoms with E-state index in [-0.39, 0.29) is 0 Å². The number of hydrogen-bond acceptors (Lipinski definition) is 6. The first kappa shape index (κ1) is 17.9. The fourth-order valence-corrected chi connectivity index (χ4v) is 4.11. The van der Waals surface area contributed by atoms with E-state index < -0.39 is 0 Å². The first-order valence-corrected chi connectivity index (χ1v) is 9.96. The van der Waals surface area contributed by atoms with E-state index >= 15 is 0 Å². The van der Waals surface area contributed by atoms with Crippen molar-refractivity contribution in [3.63, 3.8) is 0 Å². The molecular formula is C22H24N6O. The normalized spacial score (nSPS) is 14.7. The van der Waals surface area contributed by atoms with E-state index in [4.69, 9.17) is 19.8 Å². The summed E-state index contributed by atoms with van der Waals surface area (Å²) in [6.45, 7) is 2.75. The number of nitrogens with one attached hydrogen (secondary N) is 1. The van der Waals surface area contributed by atoms with Crippen LogP contribution in [-0.2, 0) is 19.4 Å². The summed E-state index contributed by atoms with van der Waals surface area (Å²) in [5.41, 5.74) is 4.50. The number of nitrogens with zero attached hydrogens (tertiary/aromatic N) is 5. The van der Waals surface area contributed by atoms with Gasteiger partial charge in [0, 0.05) is 25.5 Å². The number of para-hydroxylation sites is 1. The van der Waals surface area contributed by atoms with Crippen LogP contribution in [0.15, 0.2) is 42.5 Å². The van der Waals surface area contributed by atoms with Crippen LogP contribution < -0.4 is 10.1 Å². The Kier molecular flexibility index (Phi) is 4.52. The minimum atomic E-state index is 0.652. The van der Waals surface area contributed by atoms with Crippen molar-refractivity contribution in [1.29, 1.82) is 0 Å². The van der Waals surface area contributed by atoms with Gasteiger partial charge in [-0.15, -0.1) is 5.10 Å². The van der Waals surface area contributed by atoms with Crippen LogP contribution in [0.1, 0.15) is 17.0 Å². The topological polar surface area (TPSA) is 67.6 Å². The van der Waals surface area contributed by atoms with Gasteiger partial charge in [0.05, 0.1) is 13.7 Å². The van der Waals surface area contributed by atoms with Gasteiger partial charge in [-0.25, -0.2) is 9.97 Å². The SMILES string of the molecule is CNc1nc2c(OC)cccc2c2nc(CN3CCc4ccccc4CC3)nn12. The third-order valence-corrected chi connectivity index (χ3v) is 5.63. The Morgan fingerprint density at radius 1 is 1.00 bits per heavy atom. The average molecular weight is 388 g/mol.